The minimum atomic E-state index is -0.184. The molecule has 0 saturated carbocycles. The van der Waals surface area contributed by atoms with Gasteiger partial charge in [0.05, 0.1) is 12.3 Å². The summed E-state index contributed by atoms with van der Waals surface area (Å²) >= 11 is 0. The minimum absolute atomic E-state index is 0.178. The zero-order valence-electron chi connectivity index (χ0n) is 26.7. The number of carbonyl (C=O) groups is 3. The maximum atomic E-state index is 13.4. The lowest BCUT2D eigenvalue weighted by molar-refractivity contribution is -0.132. The van der Waals surface area contributed by atoms with Crippen molar-refractivity contribution in [1.82, 2.24) is 9.80 Å². The summed E-state index contributed by atoms with van der Waals surface area (Å²) in [4.78, 5) is 44.7. The molecule has 9 nitrogen and oxygen atoms in total. The van der Waals surface area contributed by atoms with Crippen molar-refractivity contribution in [1.29, 1.82) is 0 Å². The van der Waals surface area contributed by atoms with Crippen LogP contribution in [0.5, 0.6) is 5.75 Å². The Hall–Kier alpha value is -4.21. The van der Waals surface area contributed by atoms with E-state index in [1.54, 1.807) is 36.2 Å². The molecule has 0 spiro atoms. The first-order chi connectivity index (χ1) is 21.9. The third-order valence-corrected chi connectivity index (χ3v) is 8.23. The van der Waals surface area contributed by atoms with Crippen LogP contribution < -0.4 is 20.7 Å². The number of para-hydroxylation sites is 2. The molecule has 240 valence electrons. The summed E-state index contributed by atoms with van der Waals surface area (Å²) in [7, 11) is 3.81. The first-order valence-corrected chi connectivity index (χ1v) is 16.0. The van der Waals surface area contributed by atoms with Crippen molar-refractivity contribution < 1.29 is 19.1 Å². The molecule has 0 aromatic heterocycles. The maximum absolute atomic E-state index is 13.4. The summed E-state index contributed by atoms with van der Waals surface area (Å²) in [5.74, 6) is 0.513. The third kappa shape index (κ3) is 9.89. The second-order valence-electron chi connectivity index (χ2n) is 11.6. The predicted octanol–water partition coefficient (Wildman–Crippen LogP) is 5.21. The Labute approximate surface area is 267 Å². The van der Waals surface area contributed by atoms with Gasteiger partial charge in [0.2, 0.25) is 5.91 Å². The van der Waals surface area contributed by atoms with Gasteiger partial charge in [0.15, 0.2) is 0 Å². The van der Waals surface area contributed by atoms with Gasteiger partial charge in [-0.15, -0.1) is 0 Å². The number of anilines is 2. The fraction of sp³-hybridized carbons (Fsp3) is 0.417. The molecule has 0 unspecified atom stereocenters. The van der Waals surface area contributed by atoms with E-state index in [1.807, 2.05) is 53.4 Å². The molecule has 3 amide bonds. The minimum Gasteiger partial charge on any atom is -0.491 e. The Morgan fingerprint density at radius 1 is 0.844 bits per heavy atom. The molecule has 1 saturated heterocycles. The molecule has 45 heavy (non-hydrogen) atoms. The molecule has 0 atom stereocenters. The number of hydrogen-bond acceptors (Lipinski definition) is 6. The molecule has 3 aromatic rings. The molecule has 0 bridgehead atoms. The first kappa shape index (κ1) is 33.7. The lowest BCUT2D eigenvalue weighted by atomic mass is 10.0. The monoisotopic (exact) mass is 613 g/mol. The van der Waals surface area contributed by atoms with E-state index in [0.717, 1.165) is 70.3 Å². The van der Waals surface area contributed by atoms with Crippen molar-refractivity contribution in [3.63, 3.8) is 0 Å². The van der Waals surface area contributed by atoms with Crippen molar-refractivity contribution in [3.8, 4) is 5.75 Å². The van der Waals surface area contributed by atoms with Gasteiger partial charge >= 0.3 is 0 Å². The molecule has 1 aliphatic heterocycles. The topological polar surface area (TPSA) is 108 Å². The molecule has 9 heteroatoms. The number of aryl methyl sites for hydroxylation is 1. The second-order valence-corrected chi connectivity index (χ2v) is 11.6. The average Bonchev–Trinajstić information content (AvgIpc) is 3.06. The van der Waals surface area contributed by atoms with Crippen LogP contribution in [0.15, 0.2) is 72.8 Å². The van der Waals surface area contributed by atoms with Crippen LogP contribution in [0.1, 0.15) is 64.8 Å². The number of nitrogens with zero attached hydrogens (tertiary/aromatic N) is 3. The van der Waals surface area contributed by atoms with Gasteiger partial charge in [-0.2, -0.15) is 0 Å². The fourth-order valence-electron chi connectivity index (χ4n) is 5.42. The van der Waals surface area contributed by atoms with E-state index in [9.17, 15) is 14.4 Å². The zero-order chi connectivity index (χ0) is 32.0. The Bertz CT molecular complexity index is 1400. The molecule has 4 rings (SSSR count). The summed E-state index contributed by atoms with van der Waals surface area (Å²) in [6.45, 7) is 4.64. The lowest BCUT2D eigenvalue weighted by Crippen LogP contribution is -2.47. The van der Waals surface area contributed by atoms with Crippen LogP contribution in [-0.4, -0.2) is 80.9 Å². The van der Waals surface area contributed by atoms with E-state index in [1.165, 1.54) is 0 Å². The van der Waals surface area contributed by atoms with Gasteiger partial charge in [-0.25, -0.2) is 0 Å². The highest BCUT2D eigenvalue weighted by Crippen LogP contribution is 2.29. The molecule has 0 radical (unpaired) electrons. The van der Waals surface area contributed by atoms with E-state index in [4.69, 9.17) is 10.5 Å². The SMILES string of the molecule is CN1CCN(C(=O)CCCCCOc2ccccc2N(C)C(=O)c2ccc(NC(=O)c3ccccc3CCCCN)cc2)CC1. The Balaban J connectivity index is 1.26. The maximum Gasteiger partial charge on any atom is 0.258 e. The highest BCUT2D eigenvalue weighted by molar-refractivity contribution is 6.08. The third-order valence-electron chi connectivity index (χ3n) is 8.23. The molecule has 1 heterocycles. The number of unbranched alkanes of at least 4 members (excludes halogenated alkanes) is 3. The number of piperazine rings is 1. The number of rotatable bonds is 15. The van der Waals surface area contributed by atoms with Gasteiger partial charge in [-0.05, 0) is 100 Å². The zero-order valence-corrected chi connectivity index (χ0v) is 26.7. The number of likely N-dealkylation sites (N-methyl/N-ethyl adjacent to an activating group) is 1. The van der Waals surface area contributed by atoms with E-state index >= 15 is 0 Å². The summed E-state index contributed by atoms with van der Waals surface area (Å²) < 4.78 is 6.08. The smallest absolute Gasteiger partial charge is 0.258 e. The first-order valence-electron chi connectivity index (χ1n) is 16.0. The summed E-state index contributed by atoms with van der Waals surface area (Å²) in [5, 5.41) is 2.96. The van der Waals surface area contributed by atoms with Gasteiger partial charge in [-0.1, -0.05) is 30.3 Å². The van der Waals surface area contributed by atoms with Gasteiger partial charge in [0.1, 0.15) is 5.75 Å². The van der Waals surface area contributed by atoms with E-state index in [0.29, 0.717) is 47.8 Å². The molecular formula is C36H47N5O4. The number of nitrogens with two attached hydrogens (primary N) is 1. The summed E-state index contributed by atoms with van der Waals surface area (Å²) in [5.41, 5.74) is 9.05. The van der Waals surface area contributed by atoms with Crippen LogP contribution in [0.4, 0.5) is 11.4 Å². The lowest BCUT2D eigenvalue weighted by Gasteiger charge is -2.32. The van der Waals surface area contributed by atoms with Crippen LogP contribution in [-0.2, 0) is 11.2 Å². The molecular weight excluding hydrogens is 566 g/mol. The van der Waals surface area contributed by atoms with Gasteiger partial charge in [0, 0.05) is 56.5 Å². The van der Waals surface area contributed by atoms with Gasteiger partial charge < -0.3 is 30.5 Å². The van der Waals surface area contributed by atoms with Crippen molar-refractivity contribution >= 4 is 29.1 Å². The number of ether oxygens (including phenoxy) is 1. The highest BCUT2D eigenvalue weighted by Gasteiger charge is 2.19. The summed E-state index contributed by atoms with van der Waals surface area (Å²) in [6, 6.07) is 22.0. The summed E-state index contributed by atoms with van der Waals surface area (Å²) in [6.07, 6.45) is 5.78. The van der Waals surface area contributed by atoms with Gasteiger partial charge in [-0.3, -0.25) is 14.4 Å². The van der Waals surface area contributed by atoms with E-state index < -0.39 is 0 Å². The molecule has 3 aromatic carbocycles. The van der Waals surface area contributed by atoms with Crippen LogP contribution >= 0.6 is 0 Å². The normalized spacial score (nSPS) is 13.4. The van der Waals surface area contributed by atoms with Crippen LogP contribution in [0, 0.1) is 0 Å². The standard InChI is InChI=1S/C36H47N5O4/c1-39-23-25-41(26-24-39)34(42)17-4-3-11-27-45-33-16-8-7-15-32(33)40(2)36(44)29-18-20-30(21-19-29)38-35(43)31-14-6-5-12-28(31)13-9-10-22-37/h5-8,12,14-16,18-21H,3-4,9-11,13,17,22-27,37H2,1-2H3,(H,38,43). The molecule has 3 N–H and O–H groups in total. The van der Waals surface area contributed by atoms with Crippen molar-refractivity contribution in [3.05, 3.63) is 89.5 Å². The van der Waals surface area contributed by atoms with Crippen molar-refractivity contribution in [2.45, 2.75) is 44.9 Å². The largest absolute Gasteiger partial charge is 0.491 e. The predicted molar refractivity (Wildman–Crippen MR) is 180 cm³/mol. The fourth-order valence-corrected chi connectivity index (χ4v) is 5.42. The number of nitrogens with one attached hydrogen (secondary N) is 1. The van der Waals surface area contributed by atoms with Crippen molar-refractivity contribution in [2.75, 3.05) is 63.6 Å². The van der Waals surface area contributed by atoms with E-state index in [2.05, 4.69) is 17.3 Å². The van der Waals surface area contributed by atoms with E-state index in [-0.39, 0.29) is 17.7 Å². The second kappa shape index (κ2) is 17.3. The number of benzene rings is 3. The molecule has 1 aliphatic rings. The Morgan fingerprint density at radius 2 is 1.56 bits per heavy atom. The number of hydrogen-bond donors (Lipinski definition) is 2. The molecule has 0 aliphatic carbocycles. The van der Waals surface area contributed by atoms with Crippen LogP contribution in [0.2, 0.25) is 0 Å². The quantitative estimate of drug-likeness (QED) is 0.228. The molecule has 1 fully saturated rings. The van der Waals surface area contributed by atoms with Crippen LogP contribution in [0.3, 0.4) is 0 Å². The Morgan fingerprint density at radius 3 is 2.31 bits per heavy atom. The van der Waals surface area contributed by atoms with Crippen molar-refractivity contribution in [2.24, 2.45) is 5.73 Å². The van der Waals surface area contributed by atoms with Gasteiger partial charge in [0.25, 0.3) is 11.8 Å². The Kier molecular flexibility index (Phi) is 13.0. The number of carbonyl (C=O) groups excluding carboxylic acids is 3. The number of amides is 3. The average molecular weight is 614 g/mol. The highest BCUT2D eigenvalue weighted by atomic mass is 16.5. The van der Waals surface area contributed by atoms with Crippen LogP contribution in [0.25, 0.3) is 0 Å².